The molecule has 1 N–H and O–H groups in total. The fourth-order valence-corrected chi connectivity index (χ4v) is 9.02. The number of esters is 1. The lowest BCUT2D eigenvalue weighted by molar-refractivity contribution is -0.138. The fourth-order valence-electron chi connectivity index (χ4n) is 9.02. The third-order valence-corrected chi connectivity index (χ3v) is 10.7. The number of hydrogen-bond donors (Lipinski definition) is 1. The summed E-state index contributed by atoms with van der Waals surface area (Å²) in [5.41, 5.74) is 3.91. The summed E-state index contributed by atoms with van der Waals surface area (Å²) in [7, 11) is 0. The van der Waals surface area contributed by atoms with E-state index in [1.807, 2.05) is 41.3 Å². The molecule has 1 spiro atoms. The van der Waals surface area contributed by atoms with Gasteiger partial charge in [-0.25, -0.2) is 0 Å². The minimum atomic E-state index is -0.405. The lowest BCUT2D eigenvalue weighted by Crippen LogP contribution is -2.69. The molecule has 2 aliphatic carbocycles. The Kier molecular flexibility index (Phi) is 8.14. The Bertz CT molecular complexity index is 1640. The van der Waals surface area contributed by atoms with Crippen molar-refractivity contribution in [3.63, 3.8) is 0 Å². The normalized spacial score (nSPS) is 26.1. The molecule has 7 nitrogen and oxygen atoms in total. The first kappa shape index (κ1) is 30.5. The summed E-state index contributed by atoms with van der Waals surface area (Å²) in [5, 5.41) is 11.3. The Labute approximate surface area is 271 Å². The molecule has 4 aliphatic rings. The first-order valence-electron chi connectivity index (χ1n) is 16.8. The van der Waals surface area contributed by atoms with Gasteiger partial charge in [0.2, 0.25) is 5.91 Å². The summed E-state index contributed by atoms with van der Waals surface area (Å²) in [6.07, 6.45) is 7.64. The lowest BCUT2D eigenvalue weighted by atomic mass is 9.50. The topological polar surface area (TPSA) is 79.3 Å². The van der Waals surface area contributed by atoms with Crippen molar-refractivity contribution in [1.82, 2.24) is 9.80 Å². The predicted octanol–water partition coefficient (Wildman–Crippen LogP) is 6.17. The zero-order chi connectivity index (χ0) is 32.0. The van der Waals surface area contributed by atoms with Crippen LogP contribution in [0.5, 0.6) is 17.2 Å². The summed E-state index contributed by atoms with van der Waals surface area (Å²) in [6, 6.07) is 22.2. The Balaban J connectivity index is 1.28. The third-order valence-electron chi connectivity index (χ3n) is 10.7. The molecule has 2 bridgehead atoms. The van der Waals surface area contributed by atoms with Gasteiger partial charge in [-0.3, -0.25) is 14.5 Å². The van der Waals surface area contributed by atoms with Crippen LogP contribution in [-0.2, 0) is 27.8 Å². The van der Waals surface area contributed by atoms with E-state index in [1.165, 1.54) is 12.5 Å². The monoisotopic (exact) mass is 620 g/mol. The molecule has 0 aromatic heterocycles. The summed E-state index contributed by atoms with van der Waals surface area (Å²) in [6.45, 7) is 8.16. The summed E-state index contributed by atoms with van der Waals surface area (Å²) < 4.78 is 12.7. The highest BCUT2D eigenvalue weighted by Gasteiger charge is 2.67. The quantitative estimate of drug-likeness (QED) is 0.175. The van der Waals surface area contributed by atoms with Crippen molar-refractivity contribution in [2.24, 2.45) is 11.8 Å². The van der Waals surface area contributed by atoms with E-state index in [4.69, 9.17) is 9.47 Å². The Morgan fingerprint density at radius 1 is 1.11 bits per heavy atom. The van der Waals surface area contributed by atoms with Gasteiger partial charge in [-0.05, 0) is 67.7 Å². The maximum atomic E-state index is 14.0. The van der Waals surface area contributed by atoms with E-state index >= 15 is 0 Å². The number of nitrogens with zero attached hydrogens (tertiary/aromatic N) is 2. The van der Waals surface area contributed by atoms with Crippen LogP contribution in [0.15, 0.2) is 72.8 Å². The molecule has 5 atom stereocenters. The number of amides is 1. The highest BCUT2D eigenvalue weighted by molar-refractivity contribution is 5.92. The molecule has 2 heterocycles. The van der Waals surface area contributed by atoms with E-state index in [-0.39, 0.29) is 41.2 Å². The van der Waals surface area contributed by atoms with Gasteiger partial charge in [-0.2, -0.15) is 0 Å². The number of hydrogen-bond acceptors (Lipinski definition) is 6. The van der Waals surface area contributed by atoms with Gasteiger partial charge in [0.25, 0.3) is 0 Å². The number of aromatic hydroxyl groups is 1. The predicted molar refractivity (Wildman–Crippen MR) is 178 cm³/mol. The molecule has 240 valence electrons. The van der Waals surface area contributed by atoms with Crippen molar-refractivity contribution in [3.8, 4) is 17.2 Å². The van der Waals surface area contributed by atoms with Crippen LogP contribution in [0.25, 0.3) is 6.08 Å². The van der Waals surface area contributed by atoms with Crippen molar-refractivity contribution in [1.29, 1.82) is 0 Å². The molecule has 1 amide bonds. The smallest absolute Gasteiger partial charge is 0.308 e. The van der Waals surface area contributed by atoms with E-state index in [2.05, 4.69) is 49.1 Å². The number of rotatable bonds is 9. The average molecular weight is 621 g/mol. The molecular formula is C39H44N2O5. The number of phenolic OH excluding ortho intramolecular Hbond substituents is 1. The number of likely N-dealkylation sites (tertiary alicyclic amines) is 1. The number of ether oxygens (including phenoxy) is 2. The third kappa shape index (κ3) is 5.28. The molecule has 0 unspecified atom stereocenters. The summed E-state index contributed by atoms with van der Waals surface area (Å²) in [4.78, 5) is 30.9. The second kappa shape index (κ2) is 12.3. The van der Waals surface area contributed by atoms with Crippen molar-refractivity contribution >= 4 is 18.0 Å². The maximum Gasteiger partial charge on any atom is 0.308 e. The molecule has 46 heavy (non-hydrogen) atoms. The molecule has 7 heteroatoms. The first-order chi connectivity index (χ1) is 22.3. The van der Waals surface area contributed by atoms with E-state index in [0.717, 1.165) is 61.9 Å². The van der Waals surface area contributed by atoms with Crippen LogP contribution in [0.1, 0.15) is 62.3 Å². The van der Waals surface area contributed by atoms with Crippen LogP contribution in [-0.4, -0.2) is 64.6 Å². The van der Waals surface area contributed by atoms with E-state index < -0.39 is 5.97 Å². The van der Waals surface area contributed by atoms with Gasteiger partial charge in [0.15, 0.2) is 11.5 Å². The molecule has 3 aromatic carbocycles. The minimum absolute atomic E-state index is 0.00643. The van der Waals surface area contributed by atoms with Gasteiger partial charge >= 0.3 is 5.97 Å². The van der Waals surface area contributed by atoms with E-state index in [1.54, 1.807) is 12.1 Å². The van der Waals surface area contributed by atoms with Crippen LogP contribution in [0, 0.1) is 11.8 Å². The van der Waals surface area contributed by atoms with Crippen LogP contribution >= 0.6 is 0 Å². The van der Waals surface area contributed by atoms with Gasteiger partial charge in [0, 0.05) is 54.7 Å². The second-order valence-corrected chi connectivity index (χ2v) is 13.9. The molecule has 2 fully saturated rings. The molecule has 1 saturated heterocycles. The Morgan fingerprint density at radius 2 is 1.85 bits per heavy atom. The average Bonchev–Trinajstić information content (AvgIpc) is 3.39. The van der Waals surface area contributed by atoms with Crippen molar-refractivity contribution < 1.29 is 24.2 Å². The van der Waals surface area contributed by atoms with Crippen molar-refractivity contribution in [2.45, 2.75) is 76.5 Å². The second-order valence-electron chi connectivity index (χ2n) is 13.9. The van der Waals surface area contributed by atoms with Crippen LogP contribution in [0.3, 0.4) is 0 Å². The number of phenols is 1. The standard InChI is InChI=1S/C39H44N2O5/c1-25(2)24-41(35(44)17-14-27-10-6-4-7-11-27)31-16-15-30-32-22-29-34(45-26(3)42)23-33(43)37-36(29)39(30,38(31)46-37)19-21-40(32)20-18-28-12-8-5-9-13-28/h4-14,17,23,25,30-32,38,43H,15-16,18-22,24H2,1-3H3/t30-,31+,32+,38-,39-/m0/s1. The zero-order valence-electron chi connectivity index (χ0n) is 27.0. The zero-order valence-corrected chi connectivity index (χ0v) is 27.0. The van der Waals surface area contributed by atoms with Crippen molar-refractivity contribution in [3.05, 3.63) is 95.1 Å². The molecule has 1 saturated carbocycles. The lowest BCUT2D eigenvalue weighted by Gasteiger charge is -2.60. The van der Waals surface area contributed by atoms with Gasteiger partial charge in [-0.15, -0.1) is 0 Å². The van der Waals surface area contributed by atoms with Crippen molar-refractivity contribution in [2.75, 3.05) is 19.6 Å². The Morgan fingerprint density at radius 3 is 2.57 bits per heavy atom. The van der Waals surface area contributed by atoms with Crippen LogP contribution < -0.4 is 9.47 Å². The van der Waals surface area contributed by atoms with Crippen LogP contribution in [0.2, 0.25) is 0 Å². The highest BCUT2D eigenvalue weighted by atomic mass is 16.5. The molecular weight excluding hydrogens is 576 g/mol. The first-order valence-corrected chi connectivity index (χ1v) is 16.8. The van der Waals surface area contributed by atoms with Gasteiger partial charge in [-0.1, -0.05) is 74.5 Å². The fraction of sp³-hybridized carbons (Fsp3) is 0.436. The van der Waals surface area contributed by atoms with Gasteiger partial charge in [0.1, 0.15) is 11.9 Å². The molecule has 7 rings (SSSR count). The Hall–Kier alpha value is -4.10. The minimum Gasteiger partial charge on any atom is -0.504 e. The summed E-state index contributed by atoms with van der Waals surface area (Å²) >= 11 is 0. The van der Waals surface area contributed by atoms with E-state index in [9.17, 15) is 14.7 Å². The number of carbonyl (C=O) groups is 2. The molecule has 0 radical (unpaired) electrons. The number of benzene rings is 3. The highest BCUT2D eigenvalue weighted by Crippen LogP contribution is 2.65. The molecule has 2 aliphatic heterocycles. The number of piperidine rings is 1. The van der Waals surface area contributed by atoms with Gasteiger partial charge < -0.3 is 19.5 Å². The summed E-state index contributed by atoms with van der Waals surface area (Å²) in [5.74, 6) is 1.10. The van der Waals surface area contributed by atoms with E-state index in [0.29, 0.717) is 24.0 Å². The van der Waals surface area contributed by atoms with Gasteiger partial charge in [0.05, 0.1) is 6.04 Å². The maximum absolute atomic E-state index is 14.0. The SMILES string of the molecule is CC(=O)Oc1cc(O)c2c3c1C[C@@H]1[C@@H]4CC[C@@H](N(CC(C)C)C(=O)C=Cc5ccccc5)[C@H](O2)[C@]34CCN1CCc1ccccc1. The van der Waals surface area contributed by atoms with Crippen LogP contribution in [0.4, 0.5) is 0 Å². The number of carbonyl (C=O) groups excluding carboxylic acids is 2. The molecule has 3 aromatic rings. The largest absolute Gasteiger partial charge is 0.504 e.